The maximum Gasteiger partial charge on any atom is 0.406 e. The molecule has 2 rings (SSSR count). The van der Waals surface area contributed by atoms with Crippen LogP contribution in [0.5, 0.6) is 0 Å². The summed E-state index contributed by atoms with van der Waals surface area (Å²) >= 11 is 0. The summed E-state index contributed by atoms with van der Waals surface area (Å²) in [6.07, 6.45) is -1.33. The molecule has 0 saturated carbocycles. The zero-order chi connectivity index (χ0) is 18.4. The maximum atomic E-state index is 12.1. The fourth-order valence-electron chi connectivity index (χ4n) is 2.25. The third-order valence-corrected chi connectivity index (χ3v) is 3.64. The average molecular weight is 359 g/mol. The first-order chi connectivity index (χ1) is 11.9. The second-order valence-corrected chi connectivity index (χ2v) is 5.55. The first-order valence-electron chi connectivity index (χ1n) is 7.82. The summed E-state index contributed by atoms with van der Waals surface area (Å²) in [6, 6.07) is 0. The minimum atomic E-state index is -0.712. The van der Waals surface area contributed by atoms with E-state index >= 15 is 0 Å². The summed E-state index contributed by atoms with van der Waals surface area (Å²) in [5.41, 5.74) is 0. The molecule has 0 aliphatic carbocycles. The molecule has 2 aliphatic heterocycles. The fraction of sp³-hybridized carbons (Fsp3) is 0.714. The Balaban J connectivity index is 1.84. The molecule has 2 heterocycles. The van der Waals surface area contributed by atoms with Gasteiger partial charge in [-0.25, -0.2) is 14.4 Å². The Morgan fingerprint density at radius 1 is 1.20 bits per heavy atom. The molecular weight excluding hydrogens is 338 g/mol. The number of nitrogens with one attached hydrogen (secondary N) is 2. The molecule has 0 aromatic rings. The van der Waals surface area contributed by atoms with Crippen LogP contribution < -0.4 is 10.6 Å². The van der Waals surface area contributed by atoms with E-state index in [0.717, 1.165) is 5.06 Å². The summed E-state index contributed by atoms with van der Waals surface area (Å²) in [4.78, 5) is 51.2. The Kier molecular flexibility index (Phi) is 6.39. The van der Waals surface area contributed by atoms with Crippen molar-refractivity contribution in [3.8, 4) is 0 Å². The van der Waals surface area contributed by atoms with Crippen molar-refractivity contribution < 1.29 is 38.2 Å². The molecule has 0 aromatic heterocycles. The number of carbonyl (C=O) groups is 4. The van der Waals surface area contributed by atoms with Gasteiger partial charge in [-0.2, -0.15) is 0 Å². The lowest BCUT2D eigenvalue weighted by Crippen LogP contribution is -2.40. The Morgan fingerprint density at radius 2 is 1.80 bits per heavy atom. The molecule has 2 unspecified atom stereocenters. The molecular formula is C14H21N3O8. The lowest BCUT2D eigenvalue weighted by Gasteiger charge is -2.23. The minimum absolute atomic E-state index is 0.0885. The highest BCUT2D eigenvalue weighted by atomic mass is 16.8. The number of alkyl carbamates (subject to hydrolysis) is 2. The standard InChI is InChI=1S/C14H21N3O8/c1-15-13(20)22-6-8(7-23-14(21)16-2)5-11(19)25-17-10(18)4-3-9-12(17)24-9/h8-9,12H,3-7H2,1-2H3,(H,15,20)(H,16,21). The number of hydroxylamine groups is 2. The van der Waals surface area contributed by atoms with Crippen molar-refractivity contribution >= 4 is 24.1 Å². The van der Waals surface area contributed by atoms with E-state index in [0.29, 0.717) is 6.42 Å². The van der Waals surface area contributed by atoms with Crippen LogP contribution in [0.4, 0.5) is 9.59 Å². The maximum absolute atomic E-state index is 12.1. The van der Waals surface area contributed by atoms with Crippen molar-refractivity contribution in [2.45, 2.75) is 31.6 Å². The molecule has 0 bridgehead atoms. The first-order valence-corrected chi connectivity index (χ1v) is 7.82. The van der Waals surface area contributed by atoms with Crippen molar-refractivity contribution in [3.63, 3.8) is 0 Å². The van der Waals surface area contributed by atoms with Crippen LogP contribution in [0.25, 0.3) is 0 Å². The Hall–Kier alpha value is -2.56. The summed E-state index contributed by atoms with van der Waals surface area (Å²) in [5, 5.41) is 5.47. The van der Waals surface area contributed by atoms with E-state index in [-0.39, 0.29) is 38.1 Å². The van der Waals surface area contributed by atoms with Crippen molar-refractivity contribution in [2.75, 3.05) is 27.3 Å². The third kappa shape index (κ3) is 5.48. The Labute approximate surface area is 143 Å². The molecule has 2 saturated heterocycles. The number of amides is 3. The van der Waals surface area contributed by atoms with Gasteiger partial charge < -0.3 is 29.7 Å². The van der Waals surface area contributed by atoms with E-state index in [1.54, 1.807) is 0 Å². The van der Waals surface area contributed by atoms with Crippen LogP contribution in [0.2, 0.25) is 0 Å². The third-order valence-electron chi connectivity index (χ3n) is 3.64. The van der Waals surface area contributed by atoms with Gasteiger partial charge in [0.25, 0.3) is 5.91 Å². The van der Waals surface area contributed by atoms with Gasteiger partial charge in [0.1, 0.15) is 6.10 Å². The molecule has 11 nitrogen and oxygen atoms in total. The zero-order valence-electron chi connectivity index (χ0n) is 14.0. The number of carbonyl (C=O) groups excluding carboxylic acids is 4. The second kappa shape index (κ2) is 8.51. The van der Waals surface area contributed by atoms with Crippen LogP contribution in [0.15, 0.2) is 0 Å². The number of epoxide rings is 1. The predicted molar refractivity (Wildman–Crippen MR) is 79.8 cm³/mol. The van der Waals surface area contributed by atoms with E-state index in [9.17, 15) is 19.2 Å². The second-order valence-electron chi connectivity index (χ2n) is 5.55. The lowest BCUT2D eigenvalue weighted by atomic mass is 10.1. The number of ether oxygens (including phenoxy) is 3. The van der Waals surface area contributed by atoms with Gasteiger partial charge >= 0.3 is 18.2 Å². The number of fused-ring (bicyclic) bond motifs is 1. The minimum Gasteiger partial charge on any atom is -0.449 e. The molecule has 0 radical (unpaired) electrons. The molecule has 25 heavy (non-hydrogen) atoms. The fourth-order valence-corrected chi connectivity index (χ4v) is 2.25. The smallest absolute Gasteiger partial charge is 0.406 e. The average Bonchev–Trinajstić information content (AvgIpc) is 3.39. The summed E-state index contributed by atoms with van der Waals surface area (Å²) in [6.45, 7) is -0.329. The highest BCUT2D eigenvalue weighted by Crippen LogP contribution is 2.35. The normalized spacial score (nSPS) is 21.2. The number of nitrogens with zero attached hydrogens (tertiary/aromatic N) is 1. The SMILES string of the molecule is CNC(=O)OCC(COC(=O)NC)CC(=O)ON1C(=O)CCC2OC21. The van der Waals surface area contributed by atoms with E-state index in [2.05, 4.69) is 10.6 Å². The first kappa shape index (κ1) is 18.8. The van der Waals surface area contributed by atoms with E-state index in [4.69, 9.17) is 19.0 Å². The van der Waals surface area contributed by atoms with E-state index in [1.807, 2.05) is 0 Å². The van der Waals surface area contributed by atoms with Gasteiger partial charge in [-0.1, -0.05) is 0 Å². The molecule has 0 spiro atoms. The number of rotatable bonds is 7. The summed E-state index contributed by atoms with van der Waals surface area (Å²) < 4.78 is 15.0. The number of hydrogen-bond donors (Lipinski definition) is 2. The van der Waals surface area contributed by atoms with Gasteiger partial charge in [-0.05, 0) is 6.42 Å². The van der Waals surface area contributed by atoms with Crippen LogP contribution in [-0.2, 0) is 28.6 Å². The quantitative estimate of drug-likeness (QED) is 0.581. The highest BCUT2D eigenvalue weighted by molar-refractivity contribution is 5.79. The van der Waals surface area contributed by atoms with Gasteiger partial charge in [-0.3, -0.25) is 4.79 Å². The largest absolute Gasteiger partial charge is 0.449 e. The topological polar surface area (TPSA) is 136 Å². The van der Waals surface area contributed by atoms with Gasteiger partial charge in [0.05, 0.1) is 19.6 Å². The van der Waals surface area contributed by atoms with Crippen molar-refractivity contribution in [1.82, 2.24) is 15.7 Å². The van der Waals surface area contributed by atoms with Crippen molar-refractivity contribution in [2.24, 2.45) is 5.92 Å². The molecule has 2 aliphatic rings. The molecule has 2 N–H and O–H groups in total. The molecule has 2 atom stereocenters. The van der Waals surface area contributed by atoms with E-state index < -0.39 is 30.3 Å². The van der Waals surface area contributed by atoms with Crippen LogP contribution >= 0.6 is 0 Å². The zero-order valence-corrected chi connectivity index (χ0v) is 14.0. The van der Waals surface area contributed by atoms with E-state index in [1.165, 1.54) is 14.1 Å². The Bertz CT molecular complexity index is 520. The van der Waals surface area contributed by atoms with Crippen LogP contribution in [0.1, 0.15) is 19.3 Å². The predicted octanol–water partition coefficient (Wildman–Crippen LogP) is -0.490. The van der Waals surface area contributed by atoms with Crippen molar-refractivity contribution in [3.05, 3.63) is 0 Å². The number of piperidine rings is 1. The van der Waals surface area contributed by atoms with Gasteiger partial charge in [0.2, 0.25) is 0 Å². The number of hydrogen-bond acceptors (Lipinski definition) is 8. The summed E-state index contributed by atoms with van der Waals surface area (Å²) in [5.74, 6) is -1.67. The molecule has 3 amide bonds. The molecule has 2 fully saturated rings. The molecule has 140 valence electrons. The highest BCUT2D eigenvalue weighted by Gasteiger charge is 2.51. The van der Waals surface area contributed by atoms with Crippen molar-refractivity contribution in [1.29, 1.82) is 0 Å². The van der Waals surface area contributed by atoms with Gasteiger partial charge in [0, 0.05) is 26.4 Å². The van der Waals surface area contributed by atoms with Crippen LogP contribution in [-0.4, -0.2) is 68.8 Å². The lowest BCUT2D eigenvalue weighted by molar-refractivity contribution is -0.209. The monoisotopic (exact) mass is 359 g/mol. The molecule has 0 aromatic carbocycles. The van der Waals surface area contributed by atoms with Crippen LogP contribution in [0.3, 0.4) is 0 Å². The van der Waals surface area contributed by atoms with Gasteiger partial charge in [-0.15, -0.1) is 5.06 Å². The van der Waals surface area contributed by atoms with Crippen LogP contribution in [0, 0.1) is 5.92 Å². The molecule has 11 heteroatoms. The summed E-state index contributed by atoms with van der Waals surface area (Å²) in [7, 11) is 2.78. The van der Waals surface area contributed by atoms with Gasteiger partial charge in [0.15, 0.2) is 6.23 Å². The Morgan fingerprint density at radius 3 is 2.36 bits per heavy atom.